The number of nitrogens with one attached hydrogen (secondary N) is 1. The average molecular weight is 489 g/mol. The largest absolute Gasteiger partial charge is 0.493 e. The molecule has 3 amide bonds. The maximum absolute atomic E-state index is 12.9. The molecule has 1 fully saturated rings. The van der Waals surface area contributed by atoms with E-state index in [1.54, 1.807) is 37.5 Å². The van der Waals surface area contributed by atoms with Crippen molar-refractivity contribution in [2.45, 2.75) is 13.5 Å². The molecule has 1 N–H and O–H groups in total. The Labute approximate surface area is 207 Å². The molecule has 0 unspecified atom stereocenters. The van der Waals surface area contributed by atoms with Gasteiger partial charge in [0.1, 0.15) is 13.2 Å². The molecule has 1 heterocycles. The third kappa shape index (κ3) is 6.10. The van der Waals surface area contributed by atoms with Crippen LogP contribution in [0.25, 0.3) is 6.08 Å². The van der Waals surface area contributed by atoms with Crippen LogP contribution < -0.4 is 14.8 Å². The summed E-state index contributed by atoms with van der Waals surface area (Å²) in [6, 6.07) is 22.3. The lowest BCUT2D eigenvalue weighted by Crippen LogP contribution is -2.36. The Hall–Kier alpha value is -4.04. The summed E-state index contributed by atoms with van der Waals surface area (Å²) < 4.78 is 11.3. The standard InChI is InChI=1S/C27H24N2O5S/c1-18-7-6-10-21(13-18)28-25(30)16-29-26(31)24(35-27(29)32)15-20-11-12-22(33-2)23(14-20)34-17-19-8-4-3-5-9-19/h3-15H,16-17H2,1-2H3,(H,28,30). The van der Waals surface area contributed by atoms with E-state index in [1.807, 2.05) is 55.5 Å². The number of nitrogens with zero attached hydrogens (tertiary/aromatic N) is 1. The lowest BCUT2D eigenvalue weighted by molar-refractivity contribution is -0.127. The minimum atomic E-state index is -0.512. The van der Waals surface area contributed by atoms with Gasteiger partial charge in [-0.2, -0.15) is 0 Å². The van der Waals surface area contributed by atoms with Crippen molar-refractivity contribution in [3.05, 3.63) is 94.4 Å². The minimum absolute atomic E-state index is 0.234. The second kappa shape index (κ2) is 10.9. The van der Waals surface area contributed by atoms with Crippen molar-refractivity contribution in [1.29, 1.82) is 0 Å². The Kier molecular flexibility index (Phi) is 7.52. The topological polar surface area (TPSA) is 84.9 Å². The summed E-state index contributed by atoms with van der Waals surface area (Å²) in [6.07, 6.45) is 1.61. The van der Waals surface area contributed by atoms with Crippen LogP contribution in [0.4, 0.5) is 10.5 Å². The van der Waals surface area contributed by atoms with Crippen molar-refractivity contribution < 1.29 is 23.9 Å². The number of carbonyl (C=O) groups is 3. The van der Waals surface area contributed by atoms with Crippen LogP contribution in [-0.2, 0) is 16.2 Å². The van der Waals surface area contributed by atoms with Crippen LogP contribution in [0.5, 0.6) is 11.5 Å². The summed E-state index contributed by atoms with van der Waals surface area (Å²) in [5, 5.41) is 2.23. The molecule has 0 aliphatic carbocycles. The van der Waals surface area contributed by atoms with Crippen LogP contribution >= 0.6 is 11.8 Å². The quantitative estimate of drug-likeness (QED) is 0.436. The number of aryl methyl sites for hydroxylation is 1. The van der Waals surface area contributed by atoms with Gasteiger partial charge in [-0.1, -0.05) is 48.5 Å². The maximum atomic E-state index is 12.9. The van der Waals surface area contributed by atoms with Crippen LogP contribution in [0.3, 0.4) is 0 Å². The van der Waals surface area contributed by atoms with Crippen LogP contribution in [0, 0.1) is 6.92 Å². The summed E-state index contributed by atoms with van der Waals surface area (Å²) in [7, 11) is 1.55. The first-order chi connectivity index (χ1) is 16.9. The van der Waals surface area contributed by atoms with Gasteiger partial charge in [0.25, 0.3) is 11.1 Å². The fourth-order valence-electron chi connectivity index (χ4n) is 3.49. The summed E-state index contributed by atoms with van der Waals surface area (Å²) in [6.45, 7) is 1.91. The predicted molar refractivity (Wildman–Crippen MR) is 136 cm³/mol. The lowest BCUT2D eigenvalue weighted by Gasteiger charge is -2.13. The average Bonchev–Trinajstić information content (AvgIpc) is 3.10. The highest BCUT2D eigenvalue weighted by molar-refractivity contribution is 8.18. The fraction of sp³-hybridized carbons (Fsp3) is 0.148. The van der Waals surface area contributed by atoms with Gasteiger partial charge >= 0.3 is 0 Å². The molecule has 4 rings (SSSR count). The second-order valence-corrected chi connectivity index (χ2v) is 8.86. The van der Waals surface area contributed by atoms with Crippen molar-refractivity contribution in [2.75, 3.05) is 19.0 Å². The Morgan fingerprint density at radius 1 is 1.00 bits per heavy atom. The molecular weight excluding hydrogens is 464 g/mol. The number of imide groups is 1. The number of amides is 3. The van der Waals surface area contributed by atoms with Crippen LogP contribution in [0.2, 0.25) is 0 Å². The van der Waals surface area contributed by atoms with Gasteiger partial charge < -0.3 is 14.8 Å². The van der Waals surface area contributed by atoms with Gasteiger partial charge in [0.15, 0.2) is 11.5 Å². The van der Waals surface area contributed by atoms with Crippen LogP contribution in [0.15, 0.2) is 77.7 Å². The van der Waals surface area contributed by atoms with E-state index < -0.39 is 17.1 Å². The van der Waals surface area contributed by atoms with E-state index in [4.69, 9.17) is 9.47 Å². The number of hydrogen-bond acceptors (Lipinski definition) is 6. The van der Waals surface area contributed by atoms with Gasteiger partial charge in [-0.05, 0) is 65.7 Å². The van der Waals surface area contributed by atoms with Crippen molar-refractivity contribution in [3.63, 3.8) is 0 Å². The first-order valence-corrected chi connectivity index (χ1v) is 11.7. The van der Waals surface area contributed by atoms with Gasteiger partial charge in [0.05, 0.1) is 12.0 Å². The predicted octanol–water partition coefficient (Wildman–Crippen LogP) is 5.26. The van der Waals surface area contributed by atoms with Gasteiger partial charge in [-0.3, -0.25) is 19.3 Å². The first kappa shape index (κ1) is 24.1. The number of hydrogen-bond donors (Lipinski definition) is 1. The zero-order chi connectivity index (χ0) is 24.8. The molecule has 8 heteroatoms. The maximum Gasteiger partial charge on any atom is 0.294 e. The lowest BCUT2D eigenvalue weighted by atomic mass is 10.1. The molecule has 3 aromatic carbocycles. The van der Waals surface area contributed by atoms with E-state index >= 15 is 0 Å². The van der Waals surface area contributed by atoms with E-state index in [9.17, 15) is 14.4 Å². The van der Waals surface area contributed by atoms with E-state index in [0.29, 0.717) is 29.4 Å². The molecule has 1 aliphatic rings. The number of thioether (sulfide) groups is 1. The zero-order valence-corrected chi connectivity index (χ0v) is 20.1. The Morgan fingerprint density at radius 3 is 2.54 bits per heavy atom. The second-order valence-electron chi connectivity index (χ2n) is 7.87. The third-order valence-electron chi connectivity index (χ3n) is 5.20. The highest BCUT2D eigenvalue weighted by Crippen LogP contribution is 2.34. The highest BCUT2D eigenvalue weighted by atomic mass is 32.2. The molecule has 0 radical (unpaired) electrons. The molecular formula is C27H24N2O5S. The summed E-state index contributed by atoms with van der Waals surface area (Å²) in [5.41, 5.74) is 3.27. The molecule has 0 atom stereocenters. The molecule has 1 aliphatic heterocycles. The summed E-state index contributed by atoms with van der Waals surface area (Å²) >= 11 is 0.800. The number of ether oxygens (including phenoxy) is 2. The Morgan fingerprint density at radius 2 is 1.80 bits per heavy atom. The number of anilines is 1. The van der Waals surface area contributed by atoms with Gasteiger partial charge in [-0.15, -0.1) is 0 Å². The number of methoxy groups -OCH3 is 1. The van der Waals surface area contributed by atoms with Gasteiger partial charge in [-0.25, -0.2) is 0 Å². The molecule has 7 nitrogen and oxygen atoms in total. The van der Waals surface area contributed by atoms with Crippen LogP contribution in [0.1, 0.15) is 16.7 Å². The van der Waals surface area contributed by atoms with Crippen LogP contribution in [-0.4, -0.2) is 35.6 Å². The molecule has 35 heavy (non-hydrogen) atoms. The molecule has 0 aromatic heterocycles. The minimum Gasteiger partial charge on any atom is -0.493 e. The zero-order valence-electron chi connectivity index (χ0n) is 19.3. The summed E-state index contributed by atoms with van der Waals surface area (Å²) in [4.78, 5) is 38.9. The summed E-state index contributed by atoms with van der Waals surface area (Å²) in [5.74, 6) is 0.114. The van der Waals surface area contributed by atoms with Crippen molar-refractivity contribution in [2.24, 2.45) is 0 Å². The number of benzene rings is 3. The third-order valence-corrected chi connectivity index (χ3v) is 6.11. The van der Waals surface area contributed by atoms with E-state index in [0.717, 1.165) is 27.8 Å². The van der Waals surface area contributed by atoms with E-state index in [-0.39, 0.29) is 11.4 Å². The first-order valence-electron chi connectivity index (χ1n) is 10.9. The number of carbonyl (C=O) groups excluding carboxylic acids is 3. The molecule has 0 bridgehead atoms. The van der Waals surface area contributed by atoms with E-state index in [2.05, 4.69) is 5.32 Å². The molecule has 1 saturated heterocycles. The van der Waals surface area contributed by atoms with E-state index in [1.165, 1.54) is 0 Å². The van der Waals surface area contributed by atoms with Gasteiger partial charge in [0.2, 0.25) is 5.91 Å². The molecule has 3 aromatic rings. The van der Waals surface area contributed by atoms with Crippen molar-refractivity contribution in [1.82, 2.24) is 4.90 Å². The molecule has 178 valence electrons. The smallest absolute Gasteiger partial charge is 0.294 e. The highest BCUT2D eigenvalue weighted by Gasteiger charge is 2.36. The van der Waals surface area contributed by atoms with Crippen molar-refractivity contribution >= 4 is 40.6 Å². The molecule has 0 spiro atoms. The normalized spacial score (nSPS) is 14.3. The SMILES string of the molecule is COc1ccc(C=C2SC(=O)N(CC(=O)Nc3cccc(C)c3)C2=O)cc1OCc1ccccc1. The Bertz CT molecular complexity index is 1290. The Balaban J connectivity index is 1.45. The van der Waals surface area contributed by atoms with Gasteiger partial charge in [0, 0.05) is 5.69 Å². The van der Waals surface area contributed by atoms with Crippen molar-refractivity contribution in [3.8, 4) is 11.5 Å². The monoisotopic (exact) mass is 488 g/mol. The number of rotatable bonds is 8. The fourth-order valence-corrected chi connectivity index (χ4v) is 4.32. The molecule has 0 saturated carbocycles.